The number of thioether (sulfide) groups is 1. The standard InChI is InChI=1S/C15H24N4O3S2/c1-17(2)24(21,22)19-10-8-18(9-11-19)12-15(20)16-13-4-6-14(23-3)7-5-13/h4-7H,8-12H2,1-3H3,(H,16,20). The van der Waals surface area contributed by atoms with Crippen LogP contribution in [0.2, 0.25) is 0 Å². The number of carbonyl (C=O) groups excluding carboxylic acids is 1. The highest BCUT2D eigenvalue weighted by Gasteiger charge is 2.28. The molecule has 134 valence electrons. The Morgan fingerprint density at radius 2 is 1.75 bits per heavy atom. The first-order chi connectivity index (χ1) is 11.3. The molecule has 0 saturated carbocycles. The van der Waals surface area contributed by atoms with E-state index in [1.54, 1.807) is 11.8 Å². The Kier molecular flexibility index (Phi) is 6.64. The summed E-state index contributed by atoms with van der Waals surface area (Å²) >= 11 is 1.65. The van der Waals surface area contributed by atoms with E-state index in [1.165, 1.54) is 22.7 Å². The number of anilines is 1. The van der Waals surface area contributed by atoms with E-state index >= 15 is 0 Å². The van der Waals surface area contributed by atoms with Gasteiger partial charge >= 0.3 is 0 Å². The van der Waals surface area contributed by atoms with Gasteiger partial charge in [-0.1, -0.05) is 0 Å². The number of hydrogen-bond acceptors (Lipinski definition) is 5. The van der Waals surface area contributed by atoms with E-state index in [9.17, 15) is 13.2 Å². The Hall–Kier alpha value is -1.13. The maximum atomic E-state index is 12.1. The fourth-order valence-electron chi connectivity index (χ4n) is 2.43. The maximum Gasteiger partial charge on any atom is 0.281 e. The highest BCUT2D eigenvalue weighted by molar-refractivity contribution is 7.98. The lowest BCUT2D eigenvalue weighted by molar-refractivity contribution is -0.117. The summed E-state index contributed by atoms with van der Waals surface area (Å²) in [5.41, 5.74) is 0.770. The molecule has 1 aromatic rings. The molecule has 0 atom stereocenters. The Morgan fingerprint density at radius 1 is 1.17 bits per heavy atom. The molecule has 9 heteroatoms. The summed E-state index contributed by atoms with van der Waals surface area (Å²) in [6.45, 7) is 2.16. The summed E-state index contributed by atoms with van der Waals surface area (Å²) in [6.07, 6.45) is 2.00. The average molecular weight is 373 g/mol. The quantitative estimate of drug-likeness (QED) is 0.747. The topological polar surface area (TPSA) is 73.0 Å². The monoisotopic (exact) mass is 372 g/mol. The number of hydrogen-bond donors (Lipinski definition) is 1. The van der Waals surface area contributed by atoms with Crippen LogP contribution in [0.4, 0.5) is 5.69 Å². The molecule has 24 heavy (non-hydrogen) atoms. The number of nitrogens with zero attached hydrogens (tertiary/aromatic N) is 3. The number of amides is 1. The minimum atomic E-state index is -3.37. The lowest BCUT2D eigenvalue weighted by Crippen LogP contribution is -2.52. The highest BCUT2D eigenvalue weighted by Crippen LogP contribution is 2.17. The van der Waals surface area contributed by atoms with Crippen LogP contribution >= 0.6 is 11.8 Å². The van der Waals surface area contributed by atoms with Crippen molar-refractivity contribution in [3.05, 3.63) is 24.3 Å². The van der Waals surface area contributed by atoms with Crippen molar-refractivity contribution in [3.63, 3.8) is 0 Å². The lowest BCUT2D eigenvalue weighted by Gasteiger charge is -2.34. The van der Waals surface area contributed by atoms with Crippen molar-refractivity contribution in [1.82, 2.24) is 13.5 Å². The molecular weight excluding hydrogens is 348 g/mol. The van der Waals surface area contributed by atoms with Gasteiger partial charge in [-0.15, -0.1) is 11.8 Å². The van der Waals surface area contributed by atoms with Crippen LogP contribution in [0.25, 0.3) is 0 Å². The molecule has 0 spiro atoms. The fourth-order valence-corrected chi connectivity index (χ4v) is 3.92. The van der Waals surface area contributed by atoms with Crippen LogP contribution in [-0.2, 0) is 15.0 Å². The summed E-state index contributed by atoms with van der Waals surface area (Å²) in [7, 11) is -0.319. The first-order valence-electron chi connectivity index (χ1n) is 7.67. The zero-order chi connectivity index (χ0) is 17.7. The van der Waals surface area contributed by atoms with Gasteiger partial charge in [-0.25, -0.2) is 0 Å². The molecule has 1 aliphatic rings. The Morgan fingerprint density at radius 3 is 2.25 bits per heavy atom. The van der Waals surface area contributed by atoms with Crippen LogP contribution in [0.5, 0.6) is 0 Å². The van der Waals surface area contributed by atoms with Crippen LogP contribution in [0, 0.1) is 0 Å². The van der Waals surface area contributed by atoms with E-state index in [-0.39, 0.29) is 12.5 Å². The first kappa shape index (κ1) is 19.2. The molecule has 0 aromatic heterocycles. The SMILES string of the molecule is CSc1ccc(NC(=O)CN2CCN(S(=O)(=O)N(C)C)CC2)cc1. The normalized spacial score (nSPS) is 17.2. The molecule has 1 aliphatic heterocycles. The van der Waals surface area contributed by atoms with Gasteiger partial charge in [-0.05, 0) is 30.5 Å². The summed E-state index contributed by atoms with van der Waals surface area (Å²) in [5.74, 6) is -0.0872. The van der Waals surface area contributed by atoms with Crippen LogP contribution in [0.3, 0.4) is 0 Å². The summed E-state index contributed by atoms with van der Waals surface area (Å²) in [4.78, 5) is 15.2. The Balaban J connectivity index is 1.81. The van der Waals surface area contributed by atoms with Crippen molar-refractivity contribution in [2.24, 2.45) is 0 Å². The van der Waals surface area contributed by atoms with E-state index in [0.717, 1.165) is 10.6 Å². The molecule has 1 aromatic carbocycles. The van der Waals surface area contributed by atoms with Crippen molar-refractivity contribution in [2.45, 2.75) is 4.90 Å². The van der Waals surface area contributed by atoms with Crippen LogP contribution in [0.15, 0.2) is 29.2 Å². The number of piperazine rings is 1. The van der Waals surface area contributed by atoms with Crippen LogP contribution < -0.4 is 5.32 Å². The van der Waals surface area contributed by atoms with Gasteiger partial charge in [0.15, 0.2) is 0 Å². The molecule has 1 amide bonds. The number of benzene rings is 1. The number of carbonyl (C=O) groups is 1. The average Bonchev–Trinajstić information content (AvgIpc) is 2.56. The molecule has 1 heterocycles. The van der Waals surface area contributed by atoms with Crippen molar-refractivity contribution in [1.29, 1.82) is 0 Å². The second kappa shape index (κ2) is 8.30. The zero-order valence-electron chi connectivity index (χ0n) is 14.2. The van der Waals surface area contributed by atoms with E-state index < -0.39 is 10.2 Å². The molecular formula is C15H24N4O3S2. The predicted octanol–water partition coefficient (Wildman–Crippen LogP) is 0.771. The minimum Gasteiger partial charge on any atom is -0.325 e. The fraction of sp³-hybridized carbons (Fsp3) is 0.533. The summed E-state index contributed by atoms with van der Waals surface area (Å²) in [6, 6.07) is 7.69. The molecule has 1 fully saturated rings. The van der Waals surface area contributed by atoms with Gasteiger partial charge < -0.3 is 5.32 Å². The third-order valence-corrected chi connectivity index (χ3v) is 6.54. The van der Waals surface area contributed by atoms with Gasteiger partial charge in [0.1, 0.15) is 0 Å². The first-order valence-corrected chi connectivity index (χ1v) is 10.3. The largest absolute Gasteiger partial charge is 0.325 e. The van der Waals surface area contributed by atoms with E-state index in [4.69, 9.17) is 0 Å². The van der Waals surface area contributed by atoms with Gasteiger partial charge in [0.05, 0.1) is 6.54 Å². The van der Waals surface area contributed by atoms with Crippen molar-refractivity contribution in [2.75, 3.05) is 58.4 Å². The molecule has 0 aliphatic carbocycles. The molecule has 7 nitrogen and oxygen atoms in total. The third kappa shape index (κ3) is 4.93. The Labute approximate surface area is 148 Å². The molecule has 0 radical (unpaired) electrons. The molecule has 0 unspecified atom stereocenters. The molecule has 1 saturated heterocycles. The smallest absolute Gasteiger partial charge is 0.281 e. The number of nitrogens with one attached hydrogen (secondary N) is 1. The van der Waals surface area contributed by atoms with E-state index in [1.807, 2.05) is 35.4 Å². The lowest BCUT2D eigenvalue weighted by atomic mass is 10.3. The molecule has 1 N–H and O–H groups in total. The van der Waals surface area contributed by atoms with Gasteiger partial charge in [0, 0.05) is 50.9 Å². The maximum absolute atomic E-state index is 12.1. The Bertz CT molecular complexity index is 654. The molecule has 0 bridgehead atoms. The van der Waals surface area contributed by atoms with Crippen LogP contribution in [-0.4, -0.2) is 80.9 Å². The summed E-state index contributed by atoms with van der Waals surface area (Å²) < 4.78 is 26.8. The second-order valence-electron chi connectivity index (χ2n) is 5.74. The van der Waals surface area contributed by atoms with Crippen molar-refractivity contribution < 1.29 is 13.2 Å². The predicted molar refractivity (Wildman–Crippen MR) is 97.5 cm³/mol. The van der Waals surface area contributed by atoms with Gasteiger partial charge in [-0.2, -0.15) is 17.0 Å². The van der Waals surface area contributed by atoms with Crippen molar-refractivity contribution >= 4 is 33.6 Å². The van der Waals surface area contributed by atoms with E-state index in [2.05, 4.69) is 5.32 Å². The van der Waals surface area contributed by atoms with Crippen molar-refractivity contribution in [3.8, 4) is 0 Å². The van der Waals surface area contributed by atoms with Crippen LogP contribution in [0.1, 0.15) is 0 Å². The summed E-state index contributed by atoms with van der Waals surface area (Å²) in [5, 5.41) is 2.87. The third-order valence-electron chi connectivity index (χ3n) is 3.86. The minimum absolute atomic E-state index is 0.0872. The van der Waals surface area contributed by atoms with Gasteiger partial charge in [0.2, 0.25) is 5.91 Å². The van der Waals surface area contributed by atoms with Gasteiger partial charge in [0.25, 0.3) is 10.2 Å². The highest BCUT2D eigenvalue weighted by atomic mass is 32.2. The zero-order valence-corrected chi connectivity index (χ0v) is 15.9. The van der Waals surface area contributed by atoms with Gasteiger partial charge in [-0.3, -0.25) is 9.69 Å². The van der Waals surface area contributed by atoms with E-state index in [0.29, 0.717) is 26.2 Å². The number of rotatable bonds is 6. The second-order valence-corrected chi connectivity index (χ2v) is 8.76. The molecule has 2 rings (SSSR count).